The van der Waals surface area contributed by atoms with Crippen molar-refractivity contribution in [1.82, 2.24) is 25.5 Å². The lowest BCUT2D eigenvalue weighted by Gasteiger charge is -2.24. The Kier molecular flexibility index (Phi) is 5.71. The van der Waals surface area contributed by atoms with E-state index in [2.05, 4.69) is 31.1 Å². The molecule has 0 radical (unpaired) electrons. The van der Waals surface area contributed by atoms with Gasteiger partial charge in [-0.3, -0.25) is 9.78 Å². The molecule has 3 N–H and O–H groups in total. The Morgan fingerprint density at radius 3 is 2.65 bits per heavy atom. The molecule has 3 heterocycles. The van der Waals surface area contributed by atoms with Gasteiger partial charge >= 0.3 is 0 Å². The van der Waals surface area contributed by atoms with Gasteiger partial charge in [0.05, 0.1) is 23.6 Å². The van der Waals surface area contributed by atoms with Crippen LogP contribution in [0.4, 0.5) is 11.6 Å². The Morgan fingerprint density at radius 2 is 1.81 bits per heavy atom. The molecule has 0 atom stereocenters. The molecule has 1 aliphatic carbocycles. The van der Waals surface area contributed by atoms with Crippen LogP contribution in [-0.2, 0) is 4.79 Å². The summed E-state index contributed by atoms with van der Waals surface area (Å²) in [5, 5.41) is 19.2. The molecule has 0 unspecified atom stereocenters. The zero-order chi connectivity index (χ0) is 21.0. The van der Waals surface area contributed by atoms with Crippen LogP contribution >= 0.6 is 0 Å². The predicted octanol–water partition coefficient (Wildman–Crippen LogP) is 3.38. The maximum atomic E-state index is 12.4. The van der Waals surface area contributed by atoms with Gasteiger partial charge in [0, 0.05) is 22.9 Å². The van der Waals surface area contributed by atoms with Gasteiger partial charge in [0.2, 0.25) is 5.91 Å². The summed E-state index contributed by atoms with van der Waals surface area (Å²) in [6.45, 7) is 2.05. The van der Waals surface area contributed by atoms with Gasteiger partial charge in [0.1, 0.15) is 5.82 Å². The minimum absolute atomic E-state index is 0.0462. The number of carbonyl (C=O) groups excluding carboxylic acids is 1. The van der Waals surface area contributed by atoms with Gasteiger partial charge in [-0.1, -0.05) is 18.9 Å². The average molecular weight is 418 g/mol. The Balaban J connectivity index is 1.36. The standard InChI is InChI=1S/C23H27N7O/c31-23(15-3-1-2-4-15)28-21-12-17-11-16(5-6-19(17)29-30-21)20-13-25-14-22(27-20)26-18-7-9-24-10-8-18/h5-6,11-15,18,24H,1-4,7-10H2,(H,26,27)(H,28,30,31). The number of amides is 1. The number of carbonyl (C=O) groups is 1. The summed E-state index contributed by atoms with van der Waals surface area (Å²) >= 11 is 0. The van der Waals surface area contributed by atoms with E-state index in [0.717, 1.165) is 79.6 Å². The molecule has 2 fully saturated rings. The number of hydrogen-bond acceptors (Lipinski definition) is 7. The van der Waals surface area contributed by atoms with Crippen molar-refractivity contribution in [1.29, 1.82) is 0 Å². The number of aromatic nitrogens is 4. The number of piperidine rings is 1. The summed E-state index contributed by atoms with van der Waals surface area (Å²) < 4.78 is 0. The average Bonchev–Trinajstić information content (AvgIpc) is 3.35. The topological polar surface area (TPSA) is 105 Å². The molecule has 160 valence electrons. The van der Waals surface area contributed by atoms with E-state index >= 15 is 0 Å². The van der Waals surface area contributed by atoms with Crippen LogP contribution in [0.3, 0.4) is 0 Å². The van der Waals surface area contributed by atoms with Crippen molar-refractivity contribution in [2.24, 2.45) is 5.92 Å². The molecule has 1 aliphatic heterocycles. The van der Waals surface area contributed by atoms with E-state index in [1.54, 1.807) is 12.4 Å². The molecule has 3 aromatic rings. The monoisotopic (exact) mass is 417 g/mol. The maximum absolute atomic E-state index is 12.4. The third-order valence-corrected chi connectivity index (χ3v) is 6.18. The molecule has 1 saturated carbocycles. The zero-order valence-electron chi connectivity index (χ0n) is 17.5. The molecule has 0 bridgehead atoms. The first-order valence-corrected chi connectivity index (χ1v) is 11.1. The Hall–Kier alpha value is -3.13. The van der Waals surface area contributed by atoms with Crippen molar-refractivity contribution in [2.45, 2.75) is 44.6 Å². The van der Waals surface area contributed by atoms with Gasteiger partial charge in [0.15, 0.2) is 5.82 Å². The SMILES string of the molecule is O=C(Nc1cc2cc(-c3cncc(NC4CCNCC4)n3)ccc2nn1)C1CCCC1. The van der Waals surface area contributed by atoms with E-state index < -0.39 is 0 Å². The molecule has 2 aliphatic rings. The summed E-state index contributed by atoms with van der Waals surface area (Å²) in [4.78, 5) is 21.6. The van der Waals surface area contributed by atoms with E-state index in [1.165, 1.54) is 0 Å². The lowest BCUT2D eigenvalue weighted by atomic mass is 10.1. The van der Waals surface area contributed by atoms with Crippen LogP contribution in [0.25, 0.3) is 22.2 Å². The number of hydrogen-bond donors (Lipinski definition) is 3. The Morgan fingerprint density at radius 1 is 0.968 bits per heavy atom. The number of anilines is 2. The second-order valence-corrected chi connectivity index (χ2v) is 8.43. The minimum Gasteiger partial charge on any atom is -0.366 e. The molecule has 2 aromatic heterocycles. The Labute approximate surface area is 181 Å². The number of nitrogens with zero attached hydrogens (tertiary/aromatic N) is 4. The molecule has 8 heteroatoms. The van der Waals surface area contributed by atoms with Crippen molar-refractivity contribution in [3.05, 3.63) is 36.7 Å². The molecular weight excluding hydrogens is 390 g/mol. The van der Waals surface area contributed by atoms with Crippen molar-refractivity contribution < 1.29 is 4.79 Å². The van der Waals surface area contributed by atoms with Crippen LogP contribution in [0.1, 0.15) is 38.5 Å². The van der Waals surface area contributed by atoms with E-state index in [4.69, 9.17) is 4.98 Å². The van der Waals surface area contributed by atoms with Gasteiger partial charge in [-0.25, -0.2) is 4.98 Å². The van der Waals surface area contributed by atoms with E-state index in [9.17, 15) is 4.79 Å². The summed E-state index contributed by atoms with van der Waals surface area (Å²) in [6.07, 6.45) is 9.86. The largest absolute Gasteiger partial charge is 0.366 e. The smallest absolute Gasteiger partial charge is 0.228 e. The van der Waals surface area contributed by atoms with Crippen LogP contribution in [0, 0.1) is 5.92 Å². The first kappa shape index (κ1) is 19.8. The lowest BCUT2D eigenvalue weighted by molar-refractivity contribution is -0.119. The fourth-order valence-electron chi connectivity index (χ4n) is 4.43. The fourth-order valence-corrected chi connectivity index (χ4v) is 4.43. The minimum atomic E-state index is 0.0462. The van der Waals surface area contributed by atoms with E-state index in [-0.39, 0.29) is 11.8 Å². The van der Waals surface area contributed by atoms with Gasteiger partial charge in [-0.2, -0.15) is 0 Å². The highest BCUT2D eigenvalue weighted by atomic mass is 16.2. The van der Waals surface area contributed by atoms with Crippen molar-refractivity contribution >= 4 is 28.4 Å². The normalized spacial score (nSPS) is 17.7. The maximum Gasteiger partial charge on any atom is 0.228 e. The Bertz CT molecular complexity index is 1070. The first-order valence-electron chi connectivity index (χ1n) is 11.1. The summed E-state index contributed by atoms with van der Waals surface area (Å²) in [7, 11) is 0. The van der Waals surface area contributed by atoms with Gasteiger partial charge in [-0.05, 0) is 57.0 Å². The number of fused-ring (bicyclic) bond motifs is 1. The molecule has 0 spiro atoms. The van der Waals surface area contributed by atoms with Gasteiger partial charge in [-0.15, -0.1) is 10.2 Å². The quantitative estimate of drug-likeness (QED) is 0.584. The highest BCUT2D eigenvalue weighted by Crippen LogP contribution is 2.27. The van der Waals surface area contributed by atoms with Crippen LogP contribution in [0.5, 0.6) is 0 Å². The molecular formula is C23H27N7O. The number of benzene rings is 1. The third kappa shape index (κ3) is 4.64. The third-order valence-electron chi connectivity index (χ3n) is 6.18. The molecule has 1 saturated heterocycles. The molecule has 5 rings (SSSR count). The van der Waals surface area contributed by atoms with E-state index in [0.29, 0.717) is 11.9 Å². The molecule has 8 nitrogen and oxygen atoms in total. The number of rotatable bonds is 5. The molecule has 1 amide bonds. The summed E-state index contributed by atoms with van der Waals surface area (Å²) in [5.41, 5.74) is 2.53. The predicted molar refractivity (Wildman–Crippen MR) is 121 cm³/mol. The van der Waals surface area contributed by atoms with Crippen molar-refractivity contribution in [3.63, 3.8) is 0 Å². The van der Waals surface area contributed by atoms with Gasteiger partial charge in [0.25, 0.3) is 0 Å². The van der Waals surface area contributed by atoms with Crippen molar-refractivity contribution in [3.8, 4) is 11.3 Å². The highest BCUT2D eigenvalue weighted by Gasteiger charge is 2.23. The second-order valence-electron chi connectivity index (χ2n) is 8.43. The van der Waals surface area contributed by atoms with Crippen molar-refractivity contribution in [2.75, 3.05) is 23.7 Å². The molecule has 1 aromatic carbocycles. The fraction of sp³-hybridized carbons (Fsp3) is 0.435. The van der Waals surface area contributed by atoms with Gasteiger partial charge < -0.3 is 16.0 Å². The van der Waals surface area contributed by atoms with Crippen LogP contribution in [-0.4, -0.2) is 45.2 Å². The summed E-state index contributed by atoms with van der Waals surface area (Å²) in [6, 6.07) is 8.22. The van der Waals surface area contributed by atoms with Crippen LogP contribution in [0.15, 0.2) is 36.7 Å². The number of nitrogens with one attached hydrogen (secondary N) is 3. The lowest BCUT2D eigenvalue weighted by Crippen LogP contribution is -2.35. The molecule has 31 heavy (non-hydrogen) atoms. The summed E-state index contributed by atoms with van der Waals surface area (Å²) in [5.74, 6) is 1.43. The second kappa shape index (κ2) is 8.93. The van der Waals surface area contributed by atoms with Crippen LogP contribution in [0.2, 0.25) is 0 Å². The highest BCUT2D eigenvalue weighted by molar-refractivity contribution is 5.94. The first-order chi connectivity index (χ1) is 15.2. The van der Waals surface area contributed by atoms with Crippen LogP contribution < -0.4 is 16.0 Å². The van der Waals surface area contributed by atoms with E-state index in [1.807, 2.05) is 24.3 Å². The zero-order valence-corrected chi connectivity index (χ0v) is 17.5.